The predicted molar refractivity (Wildman–Crippen MR) is 157 cm³/mol. The van der Waals surface area contributed by atoms with E-state index in [-0.39, 0.29) is 22.8 Å². The second-order valence-electron chi connectivity index (χ2n) is 10.5. The number of imidazole rings is 1. The van der Waals surface area contributed by atoms with Crippen LogP contribution in [0.1, 0.15) is 56.6 Å². The molecule has 4 aromatic heterocycles. The summed E-state index contributed by atoms with van der Waals surface area (Å²) in [4.78, 5) is 29.1. The van der Waals surface area contributed by atoms with Crippen molar-refractivity contribution in [1.82, 2.24) is 34.3 Å². The van der Waals surface area contributed by atoms with Gasteiger partial charge in [-0.25, -0.2) is 18.9 Å². The summed E-state index contributed by atoms with van der Waals surface area (Å²) >= 11 is 5.93. The summed E-state index contributed by atoms with van der Waals surface area (Å²) < 4.78 is 24.6. The molecule has 0 saturated heterocycles. The van der Waals surface area contributed by atoms with Crippen molar-refractivity contribution >= 4 is 39.9 Å². The second kappa shape index (κ2) is 10.7. The molecule has 0 radical (unpaired) electrons. The fourth-order valence-electron chi connectivity index (χ4n) is 5.36. The summed E-state index contributed by atoms with van der Waals surface area (Å²) in [6.45, 7) is 0.320. The molecule has 1 saturated carbocycles. The molecule has 4 heterocycles. The van der Waals surface area contributed by atoms with E-state index in [1.165, 1.54) is 42.3 Å². The lowest BCUT2D eigenvalue weighted by Gasteiger charge is -2.12. The number of fused-ring (bicyclic) bond motifs is 2. The van der Waals surface area contributed by atoms with Crippen LogP contribution in [0.2, 0.25) is 5.02 Å². The average molecular weight is 598 g/mol. The van der Waals surface area contributed by atoms with Crippen molar-refractivity contribution in [2.45, 2.75) is 31.8 Å². The van der Waals surface area contributed by atoms with Crippen LogP contribution in [-0.2, 0) is 17.8 Å². The summed E-state index contributed by atoms with van der Waals surface area (Å²) in [5.41, 5.74) is 5.25. The van der Waals surface area contributed by atoms with Crippen LogP contribution in [0, 0.1) is 5.82 Å². The Morgan fingerprint density at radius 1 is 1.12 bits per heavy atom. The Balaban J connectivity index is 1.15. The van der Waals surface area contributed by atoms with Crippen LogP contribution < -0.4 is 5.32 Å². The van der Waals surface area contributed by atoms with Crippen molar-refractivity contribution in [2.75, 3.05) is 7.11 Å². The van der Waals surface area contributed by atoms with E-state index in [9.17, 15) is 14.0 Å². The Kier molecular flexibility index (Phi) is 6.66. The summed E-state index contributed by atoms with van der Waals surface area (Å²) in [5, 5.41) is 12.1. The fourth-order valence-corrected chi connectivity index (χ4v) is 5.51. The number of amides is 1. The molecule has 10 nitrogen and oxygen atoms in total. The number of ether oxygens (including phenoxy) is 1. The lowest BCUT2D eigenvalue weighted by atomic mass is 10.1. The van der Waals surface area contributed by atoms with E-state index in [1.807, 2.05) is 12.1 Å². The number of rotatable bonds is 8. The SMILES string of the molecule is COC(=O)c1ccc(-n2c(Cn3cc(C(=O)NCc4ncn5ccc(Cl)c(F)c45)nn3)cc3cc(C4CC4)ccc32)cc1. The van der Waals surface area contributed by atoms with Crippen LogP contribution in [0.5, 0.6) is 0 Å². The first kappa shape index (κ1) is 26.8. The van der Waals surface area contributed by atoms with Crippen LogP contribution in [0.4, 0.5) is 4.39 Å². The Morgan fingerprint density at radius 3 is 2.70 bits per heavy atom. The van der Waals surface area contributed by atoms with Crippen molar-refractivity contribution in [1.29, 1.82) is 0 Å². The van der Waals surface area contributed by atoms with Gasteiger partial charge in [0.1, 0.15) is 5.52 Å². The zero-order chi connectivity index (χ0) is 29.7. The minimum absolute atomic E-state index is 0.0153. The number of carbonyl (C=O) groups excluding carboxylic acids is 2. The van der Waals surface area contributed by atoms with Gasteiger partial charge in [0.2, 0.25) is 0 Å². The number of esters is 1. The molecule has 0 atom stereocenters. The van der Waals surface area contributed by atoms with E-state index in [2.05, 4.69) is 49.4 Å². The van der Waals surface area contributed by atoms with Crippen LogP contribution >= 0.6 is 11.6 Å². The number of halogens is 2. The predicted octanol–water partition coefficient (Wildman–Crippen LogP) is 5.30. The highest BCUT2D eigenvalue weighted by atomic mass is 35.5. The first-order chi connectivity index (χ1) is 20.9. The fraction of sp³-hybridized carbons (Fsp3) is 0.194. The Morgan fingerprint density at radius 2 is 1.93 bits per heavy atom. The maximum absolute atomic E-state index is 14.6. The average Bonchev–Trinajstić information content (AvgIpc) is 3.46. The highest BCUT2D eigenvalue weighted by Gasteiger charge is 2.24. The minimum Gasteiger partial charge on any atom is -0.465 e. The third kappa shape index (κ3) is 5.01. The molecule has 43 heavy (non-hydrogen) atoms. The molecule has 0 bridgehead atoms. The van der Waals surface area contributed by atoms with Gasteiger partial charge in [-0.2, -0.15) is 0 Å². The van der Waals surface area contributed by atoms with E-state index in [4.69, 9.17) is 16.3 Å². The normalized spacial score (nSPS) is 13.1. The third-order valence-electron chi connectivity index (χ3n) is 7.68. The smallest absolute Gasteiger partial charge is 0.337 e. The molecule has 216 valence electrons. The maximum atomic E-state index is 14.6. The number of nitrogens with zero attached hydrogens (tertiary/aromatic N) is 6. The zero-order valence-corrected chi connectivity index (χ0v) is 23.8. The molecule has 1 N–H and O–H groups in total. The van der Waals surface area contributed by atoms with Gasteiger partial charge in [0.15, 0.2) is 11.5 Å². The zero-order valence-electron chi connectivity index (χ0n) is 23.0. The van der Waals surface area contributed by atoms with Crippen LogP contribution in [0.25, 0.3) is 22.1 Å². The number of aromatic nitrogens is 6. The molecule has 1 amide bonds. The quantitative estimate of drug-likeness (QED) is 0.238. The molecule has 1 fully saturated rings. The number of carbonyl (C=O) groups is 2. The van der Waals surface area contributed by atoms with E-state index < -0.39 is 17.7 Å². The van der Waals surface area contributed by atoms with E-state index in [0.717, 1.165) is 22.3 Å². The van der Waals surface area contributed by atoms with Gasteiger partial charge in [-0.05, 0) is 72.9 Å². The van der Waals surface area contributed by atoms with Crippen LogP contribution in [-0.4, -0.2) is 47.9 Å². The standard InChI is InChI=1S/C31H25ClFN7O3/c1-43-31(42)19-4-7-22(8-5-19)40-23(13-21-12-20(18-2-3-18)6-9-27(21)40)15-39-16-26(36-37-39)30(41)34-14-25-29-28(33)24(32)10-11-38(29)17-35-25/h4-13,16-18H,2-3,14-15H2,1H3,(H,34,41). The molecule has 2 aromatic carbocycles. The van der Waals surface area contributed by atoms with Gasteiger partial charge < -0.3 is 19.0 Å². The first-order valence-electron chi connectivity index (χ1n) is 13.7. The molecule has 12 heteroatoms. The Labute approximate surface area is 249 Å². The monoisotopic (exact) mass is 597 g/mol. The molecular formula is C31H25ClFN7O3. The topological polar surface area (TPSA) is 108 Å². The Bertz CT molecular complexity index is 2020. The van der Waals surface area contributed by atoms with Gasteiger partial charge in [-0.1, -0.05) is 22.9 Å². The summed E-state index contributed by atoms with van der Waals surface area (Å²) in [6, 6.07) is 17.3. The second-order valence-corrected chi connectivity index (χ2v) is 10.9. The molecule has 0 aliphatic heterocycles. The van der Waals surface area contributed by atoms with Crippen molar-refractivity contribution in [3.63, 3.8) is 0 Å². The van der Waals surface area contributed by atoms with Crippen LogP contribution in [0.3, 0.4) is 0 Å². The lowest BCUT2D eigenvalue weighted by molar-refractivity contribution is 0.0600. The summed E-state index contributed by atoms with van der Waals surface area (Å²) in [5.74, 6) is -0.860. The van der Waals surface area contributed by atoms with Crippen LogP contribution in [0.15, 0.2) is 73.3 Å². The van der Waals surface area contributed by atoms with E-state index in [0.29, 0.717) is 23.7 Å². The number of benzene rings is 2. The summed E-state index contributed by atoms with van der Waals surface area (Å²) in [6.07, 6.45) is 7.04. The number of nitrogens with one attached hydrogen (secondary N) is 1. The highest BCUT2D eigenvalue weighted by molar-refractivity contribution is 6.31. The molecule has 7 rings (SSSR count). The van der Waals surface area contributed by atoms with Gasteiger partial charge in [-0.3, -0.25) is 4.79 Å². The van der Waals surface area contributed by atoms with Crippen molar-refractivity contribution in [3.8, 4) is 5.69 Å². The number of hydrogen-bond donors (Lipinski definition) is 1. The number of hydrogen-bond acceptors (Lipinski definition) is 6. The van der Waals surface area contributed by atoms with Gasteiger partial charge >= 0.3 is 5.97 Å². The van der Waals surface area contributed by atoms with Crippen molar-refractivity contribution in [3.05, 3.63) is 112 Å². The minimum atomic E-state index is -0.601. The Hall–Kier alpha value is -5.03. The summed E-state index contributed by atoms with van der Waals surface area (Å²) in [7, 11) is 1.35. The lowest BCUT2D eigenvalue weighted by Crippen LogP contribution is -2.23. The van der Waals surface area contributed by atoms with Gasteiger partial charge in [0.25, 0.3) is 5.91 Å². The van der Waals surface area contributed by atoms with Gasteiger partial charge in [0.05, 0.1) is 54.5 Å². The molecule has 1 aliphatic rings. The first-order valence-corrected chi connectivity index (χ1v) is 14.1. The van der Waals surface area contributed by atoms with E-state index >= 15 is 0 Å². The van der Waals surface area contributed by atoms with Crippen molar-refractivity contribution < 1.29 is 18.7 Å². The number of methoxy groups -OCH3 is 1. The molecule has 1 aliphatic carbocycles. The number of pyridine rings is 1. The molecule has 0 unspecified atom stereocenters. The van der Waals surface area contributed by atoms with E-state index in [1.54, 1.807) is 29.2 Å². The molecule has 6 aromatic rings. The molecular weight excluding hydrogens is 573 g/mol. The largest absolute Gasteiger partial charge is 0.465 e. The van der Waals surface area contributed by atoms with Gasteiger partial charge in [0, 0.05) is 23.0 Å². The van der Waals surface area contributed by atoms with Gasteiger partial charge in [-0.15, -0.1) is 5.10 Å². The van der Waals surface area contributed by atoms with Crippen molar-refractivity contribution in [2.24, 2.45) is 0 Å². The highest BCUT2D eigenvalue weighted by Crippen LogP contribution is 2.41. The molecule has 0 spiro atoms. The third-order valence-corrected chi connectivity index (χ3v) is 7.97. The maximum Gasteiger partial charge on any atom is 0.337 e.